The van der Waals surface area contributed by atoms with Gasteiger partial charge in [-0.15, -0.1) is 6.58 Å². The summed E-state index contributed by atoms with van der Waals surface area (Å²) in [5.74, 6) is 0.963. The summed E-state index contributed by atoms with van der Waals surface area (Å²) in [6.45, 7) is 12.0. The van der Waals surface area contributed by atoms with Crippen LogP contribution in [0.15, 0.2) is 42.5 Å². The lowest BCUT2D eigenvalue weighted by molar-refractivity contribution is 0.165. The number of aryl methyl sites for hydroxylation is 2. The van der Waals surface area contributed by atoms with E-state index in [0.29, 0.717) is 13.2 Å². The van der Waals surface area contributed by atoms with E-state index in [2.05, 4.69) is 45.6 Å². The molecule has 0 aromatic heterocycles. The van der Waals surface area contributed by atoms with Gasteiger partial charge in [0.15, 0.2) is 0 Å². The third-order valence-corrected chi connectivity index (χ3v) is 3.20. The molecule has 1 aromatic rings. The predicted molar refractivity (Wildman–Crippen MR) is 85.4 cm³/mol. The van der Waals surface area contributed by atoms with Crippen LogP contribution in [-0.4, -0.2) is 19.8 Å². The Labute approximate surface area is 123 Å². The minimum absolute atomic E-state index is 0.620. The number of hydrogen-bond acceptors (Lipinski definition) is 2. The Hall–Kier alpha value is -1.54. The van der Waals surface area contributed by atoms with E-state index in [9.17, 15) is 0 Å². The molecule has 1 rings (SSSR count). The number of rotatable bonds is 9. The molecule has 0 atom stereocenters. The topological polar surface area (TPSA) is 18.5 Å². The van der Waals surface area contributed by atoms with Crippen molar-refractivity contribution < 1.29 is 9.47 Å². The molecule has 0 radical (unpaired) electrons. The van der Waals surface area contributed by atoms with Crippen LogP contribution in [0, 0.1) is 13.8 Å². The molecule has 0 fully saturated rings. The highest BCUT2D eigenvalue weighted by atomic mass is 16.5. The van der Waals surface area contributed by atoms with Gasteiger partial charge in [-0.1, -0.05) is 36.3 Å². The van der Waals surface area contributed by atoms with Crippen LogP contribution in [0.2, 0.25) is 0 Å². The summed E-state index contributed by atoms with van der Waals surface area (Å²) in [5.41, 5.74) is 3.82. The third-order valence-electron chi connectivity index (χ3n) is 3.20. The molecule has 0 amide bonds. The second-order valence-electron chi connectivity index (χ2n) is 4.91. The molecular formula is C18H26O2. The minimum atomic E-state index is 0.620. The van der Waals surface area contributed by atoms with Crippen molar-refractivity contribution in [2.75, 3.05) is 19.8 Å². The number of ether oxygens (including phenoxy) is 2. The highest BCUT2D eigenvalue weighted by Crippen LogP contribution is 2.19. The van der Waals surface area contributed by atoms with E-state index in [-0.39, 0.29) is 0 Å². The van der Waals surface area contributed by atoms with Crippen LogP contribution in [0.1, 0.15) is 30.9 Å². The Balaban J connectivity index is 2.42. The van der Waals surface area contributed by atoms with Crippen LogP contribution < -0.4 is 4.74 Å². The van der Waals surface area contributed by atoms with Crippen molar-refractivity contribution in [3.63, 3.8) is 0 Å². The highest BCUT2D eigenvalue weighted by Gasteiger charge is 1.99. The summed E-state index contributed by atoms with van der Waals surface area (Å²) in [6.07, 6.45) is 5.93. The van der Waals surface area contributed by atoms with Crippen molar-refractivity contribution in [3.05, 3.63) is 53.6 Å². The van der Waals surface area contributed by atoms with E-state index in [0.717, 1.165) is 25.2 Å². The molecule has 2 nitrogen and oxygen atoms in total. The summed E-state index contributed by atoms with van der Waals surface area (Å²) in [6, 6.07) is 6.26. The Morgan fingerprint density at radius 2 is 2.05 bits per heavy atom. The monoisotopic (exact) mass is 274 g/mol. The first kappa shape index (κ1) is 16.5. The van der Waals surface area contributed by atoms with Crippen LogP contribution in [0.5, 0.6) is 5.75 Å². The average molecular weight is 274 g/mol. The van der Waals surface area contributed by atoms with Crippen molar-refractivity contribution in [2.45, 2.75) is 33.6 Å². The summed E-state index contributed by atoms with van der Waals surface area (Å²) in [4.78, 5) is 0. The summed E-state index contributed by atoms with van der Waals surface area (Å²) >= 11 is 0. The van der Waals surface area contributed by atoms with Crippen molar-refractivity contribution in [1.82, 2.24) is 0 Å². The van der Waals surface area contributed by atoms with Crippen LogP contribution in [0.4, 0.5) is 0 Å². The molecular weight excluding hydrogens is 248 g/mol. The van der Waals surface area contributed by atoms with Gasteiger partial charge < -0.3 is 9.47 Å². The van der Waals surface area contributed by atoms with Crippen LogP contribution in [-0.2, 0) is 4.74 Å². The molecule has 0 unspecified atom stereocenters. The normalized spacial score (nSPS) is 11.4. The molecule has 0 aliphatic rings. The second kappa shape index (κ2) is 9.38. The molecule has 2 heteroatoms. The summed E-state index contributed by atoms with van der Waals surface area (Å²) in [7, 11) is 0. The zero-order valence-corrected chi connectivity index (χ0v) is 12.9. The van der Waals surface area contributed by atoms with Gasteiger partial charge in [0, 0.05) is 0 Å². The lowest BCUT2D eigenvalue weighted by atomic mass is 10.1. The van der Waals surface area contributed by atoms with Gasteiger partial charge in [-0.3, -0.25) is 0 Å². The van der Waals surface area contributed by atoms with Crippen molar-refractivity contribution in [3.8, 4) is 5.75 Å². The Bertz CT molecular complexity index is 447. The van der Waals surface area contributed by atoms with Gasteiger partial charge in [0.2, 0.25) is 0 Å². The fourth-order valence-electron chi connectivity index (χ4n) is 2.00. The molecule has 0 saturated carbocycles. The largest absolute Gasteiger partial charge is 0.489 e. The van der Waals surface area contributed by atoms with E-state index in [1.54, 1.807) is 6.08 Å². The van der Waals surface area contributed by atoms with Crippen LogP contribution >= 0.6 is 0 Å². The van der Waals surface area contributed by atoms with E-state index in [1.807, 2.05) is 6.07 Å². The lowest BCUT2D eigenvalue weighted by Crippen LogP contribution is -2.00. The van der Waals surface area contributed by atoms with Gasteiger partial charge in [-0.25, -0.2) is 0 Å². The number of hydrogen-bond donors (Lipinski definition) is 0. The van der Waals surface area contributed by atoms with Gasteiger partial charge in [0.1, 0.15) is 12.4 Å². The van der Waals surface area contributed by atoms with Gasteiger partial charge >= 0.3 is 0 Å². The van der Waals surface area contributed by atoms with Crippen LogP contribution in [0.3, 0.4) is 0 Å². The molecule has 1 aromatic carbocycles. The van der Waals surface area contributed by atoms with E-state index >= 15 is 0 Å². The molecule has 0 bridgehead atoms. The maximum absolute atomic E-state index is 5.82. The molecule has 0 N–H and O–H groups in total. The molecule has 0 aliphatic heterocycles. The first-order chi connectivity index (χ1) is 9.67. The smallest absolute Gasteiger partial charge is 0.122 e. The predicted octanol–water partition coefficient (Wildman–Crippen LogP) is 4.61. The minimum Gasteiger partial charge on any atom is -0.489 e. The lowest BCUT2D eigenvalue weighted by Gasteiger charge is -2.09. The quantitative estimate of drug-likeness (QED) is 0.483. The van der Waals surface area contributed by atoms with Crippen molar-refractivity contribution >= 4 is 0 Å². The van der Waals surface area contributed by atoms with Gasteiger partial charge in [-0.05, 0) is 44.4 Å². The van der Waals surface area contributed by atoms with Gasteiger partial charge in [-0.2, -0.15) is 0 Å². The van der Waals surface area contributed by atoms with Crippen molar-refractivity contribution in [2.24, 2.45) is 0 Å². The van der Waals surface area contributed by atoms with Crippen LogP contribution in [0.25, 0.3) is 0 Å². The first-order valence-corrected chi connectivity index (χ1v) is 7.24. The molecule has 0 heterocycles. The molecule has 0 spiro atoms. The first-order valence-electron chi connectivity index (χ1n) is 7.24. The standard InChI is InChI=1S/C18H26O2/c1-5-11-19-12-9-17(6-2)10-13-20-18-8-7-15(3)14-16(18)4/h5,7-8,10,14H,1,6,9,11-13H2,2-4H3. The zero-order valence-electron chi connectivity index (χ0n) is 12.9. The van der Waals surface area contributed by atoms with E-state index in [4.69, 9.17) is 9.47 Å². The molecule has 20 heavy (non-hydrogen) atoms. The van der Waals surface area contributed by atoms with Gasteiger partial charge in [0.05, 0.1) is 13.2 Å². The Morgan fingerprint density at radius 3 is 2.70 bits per heavy atom. The molecule has 0 aliphatic carbocycles. The summed E-state index contributed by atoms with van der Waals surface area (Å²) in [5, 5.41) is 0. The second-order valence-corrected chi connectivity index (χ2v) is 4.91. The fraction of sp³-hybridized carbons (Fsp3) is 0.444. The summed E-state index contributed by atoms with van der Waals surface area (Å²) < 4.78 is 11.2. The van der Waals surface area contributed by atoms with E-state index < -0.39 is 0 Å². The number of benzene rings is 1. The molecule has 0 saturated heterocycles. The maximum atomic E-state index is 5.82. The average Bonchev–Trinajstić information content (AvgIpc) is 2.43. The van der Waals surface area contributed by atoms with Crippen molar-refractivity contribution in [1.29, 1.82) is 0 Å². The highest BCUT2D eigenvalue weighted by molar-refractivity contribution is 5.35. The Morgan fingerprint density at radius 1 is 1.25 bits per heavy atom. The Kier molecular flexibility index (Phi) is 7.74. The SMILES string of the molecule is C=CCOCCC(=CCOc1ccc(C)cc1C)CC. The maximum Gasteiger partial charge on any atom is 0.122 e. The third kappa shape index (κ3) is 6.07. The zero-order chi connectivity index (χ0) is 14.8. The fourth-order valence-corrected chi connectivity index (χ4v) is 2.00. The van der Waals surface area contributed by atoms with E-state index in [1.165, 1.54) is 16.7 Å². The molecule has 110 valence electrons. The van der Waals surface area contributed by atoms with Gasteiger partial charge in [0.25, 0.3) is 0 Å².